The van der Waals surface area contributed by atoms with Gasteiger partial charge < -0.3 is 4.90 Å². The van der Waals surface area contributed by atoms with Gasteiger partial charge in [-0.25, -0.2) is 13.4 Å². The Kier molecular flexibility index (Phi) is 4.93. The number of sulfone groups is 1. The molecule has 0 aliphatic carbocycles. The van der Waals surface area contributed by atoms with Crippen molar-refractivity contribution < 1.29 is 13.2 Å². The number of benzene rings is 1. The lowest BCUT2D eigenvalue weighted by Gasteiger charge is -2.26. The van der Waals surface area contributed by atoms with E-state index in [1.807, 2.05) is 31.2 Å². The number of fused-ring (bicyclic) bond motifs is 1. The summed E-state index contributed by atoms with van der Waals surface area (Å²) in [6.07, 6.45) is 0.549. The molecule has 1 saturated heterocycles. The molecule has 0 spiro atoms. The van der Waals surface area contributed by atoms with E-state index >= 15 is 0 Å². The number of rotatable bonds is 5. The first-order valence-electron chi connectivity index (χ1n) is 7.47. The zero-order chi connectivity index (χ0) is 16.4. The van der Waals surface area contributed by atoms with Gasteiger partial charge in [-0.2, -0.15) is 0 Å². The van der Waals surface area contributed by atoms with E-state index in [-0.39, 0.29) is 23.5 Å². The van der Waals surface area contributed by atoms with Crippen LogP contribution in [-0.2, 0) is 14.6 Å². The molecular weight excluding hydrogens is 352 g/mol. The Morgan fingerprint density at radius 1 is 1.43 bits per heavy atom. The van der Waals surface area contributed by atoms with E-state index in [4.69, 9.17) is 0 Å². The molecule has 23 heavy (non-hydrogen) atoms. The molecule has 1 aliphatic rings. The summed E-state index contributed by atoms with van der Waals surface area (Å²) in [5.74, 6) is 0.563. The first kappa shape index (κ1) is 16.7. The molecule has 2 aromatic rings. The highest BCUT2D eigenvalue weighted by atomic mass is 32.2. The number of aromatic nitrogens is 1. The minimum absolute atomic E-state index is 0.0149. The lowest BCUT2D eigenvalue weighted by molar-refractivity contribution is -0.129. The number of thiazole rings is 1. The van der Waals surface area contributed by atoms with Crippen LogP contribution >= 0.6 is 23.1 Å². The van der Waals surface area contributed by atoms with E-state index < -0.39 is 9.84 Å². The fourth-order valence-electron chi connectivity index (χ4n) is 2.78. The summed E-state index contributed by atoms with van der Waals surface area (Å²) in [4.78, 5) is 18.7. The van der Waals surface area contributed by atoms with Gasteiger partial charge in [-0.3, -0.25) is 4.79 Å². The summed E-state index contributed by atoms with van der Waals surface area (Å²) in [5, 5.41) is 0. The Hall–Kier alpha value is -1.12. The number of thioether (sulfide) groups is 1. The number of amides is 1. The average molecular weight is 371 g/mol. The van der Waals surface area contributed by atoms with Crippen LogP contribution in [0.15, 0.2) is 28.6 Å². The molecule has 5 nitrogen and oxygen atoms in total. The molecule has 2 heterocycles. The van der Waals surface area contributed by atoms with Gasteiger partial charge in [0.25, 0.3) is 0 Å². The van der Waals surface area contributed by atoms with Crippen LogP contribution in [0, 0.1) is 0 Å². The van der Waals surface area contributed by atoms with Crippen LogP contribution in [0.1, 0.15) is 13.3 Å². The van der Waals surface area contributed by atoms with Gasteiger partial charge in [0.15, 0.2) is 14.2 Å². The highest BCUT2D eigenvalue weighted by Gasteiger charge is 2.33. The fourth-order valence-corrected chi connectivity index (χ4v) is 6.46. The van der Waals surface area contributed by atoms with Crippen LogP contribution in [0.2, 0.25) is 0 Å². The third kappa shape index (κ3) is 3.87. The monoisotopic (exact) mass is 370 g/mol. The van der Waals surface area contributed by atoms with Crippen LogP contribution in [0.3, 0.4) is 0 Å². The van der Waals surface area contributed by atoms with Crippen LogP contribution in [0.5, 0.6) is 0 Å². The van der Waals surface area contributed by atoms with E-state index in [9.17, 15) is 13.2 Å². The Balaban J connectivity index is 1.63. The van der Waals surface area contributed by atoms with E-state index in [0.717, 1.165) is 14.6 Å². The molecule has 3 rings (SSSR count). The second-order valence-electron chi connectivity index (χ2n) is 5.47. The Bertz CT molecular complexity index is 783. The van der Waals surface area contributed by atoms with Crippen LogP contribution in [-0.4, -0.2) is 54.1 Å². The third-order valence-corrected chi connectivity index (χ3v) is 7.82. The maximum atomic E-state index is 12.4. The number of hydrogen-bond acceptors (Lipinski definition) is 6. The topological polar surface area (TPSA) is 67.3 Å². The molecule has 1 aromatic carbocycles. The molecule has 124 valence electrons. The molecule has 0 N–H and O–H groups in total. The molecule has 8 heteroatoms. The molecule has 0 bridgehead atoms. The second kappa shape index (κ2) is 6.78. The molecule has 1 aromatic heterocycles. The molecule has 0 unspecified atom stereocenters. The SMILES string of the molecule is CCN(C(=O)CSc1nc2ccccc2s1)[C@@H]1CCS(=O)(=O)C1. The molecule has 1 fully saturated rings. The van der Waals surface area contributed by atoms with Crippen molar-refractivity contribution in [2.24, 2.45) is 0 Å². The van der Waals surface area contributed by atoms with Crippen molar-refractivity contribution in [3.63, 3.8) is 0 Å². The van der Waals surface area contributed by atoms with Crippen LogP contribution in [0.25, 0.3) is 10.2 Å². The summed E-state index contributed by atoms with van der Waals surface area (Å²) < 4.78 is 25.2. The summed E-state index contributed by atoms with van der Waals surface area (Å²) in [6.45, 7) is 2.44. The van der Waals surface area contributed by atoms with Crippen molar-refractivity contribution in [2.75, 3.05) is 23.8 Å². The first-order valence-corrected chi connectivity index (χ1v) is 11.1. The Morgan fingerprint density at radius 2 is 2.22 bits per heavy atom. The number of carbonyl (C=O) groups is 1. The molecule has 1 aliphatic heterocycles. The molecular formula is C15H18N2O3S3. The predicted octanol–water partition coefficient (Wildman–Crippen LogP) is 2.42. The van der Waals surface area contributed by atoms with E-state index in [1.54, 1.807) is 16.2 Å². The van der Waals surface area contributed by atoms with Crippen molar-refractivity contribution in [1.82, 2.24) is 9.88 Å². The normalized spacial score (nSPS) is 20.0. The second-order valence-corrected chi connectivity index (χ2v) is 9.95. The highest BCUT2D eigenvalue weighted by Crippen LogP contribution is 2.29. The largest absolute Gasteiger partial charge is 0.338 e. The zero-order valence-electron chi connectivity index (χ0n) is 12.8. The maximum Gasteiger partial charge on any atom is 0.233 e. The van der Waals surface area contributed by atoms with Crippen molar-refractivity contribution in [1.29, 1.82) is 0 Å². The maximum absolute atomic E-state index is 12.4. The van der Waals surface area contributed by atoms with Gasteiger partial charge in [-0.15, -0.1) is 11.3 Å². The van der Waals surface area contributed by atoms with Crippen LogP contribution in [0.4, 0.5) is 0 Å². The van der Waals surface area contributed by atoms with Gasteiger partial charge in [0.05, 0.1) is 27.5 Å². The quantitative estimate of drug-likeness (QED) is 0.756. The Labute approximate surface area is 144 Å². The van der Waals surface area contributed by atoms with Gasteiger partial charge in [0.2, 0.25) is 5.91 Å². The van der Waals surface area contributed by atoms with Gasteiger partial charge in [0.1, 0.15) is 0 Å². The van der Waals surface area contributed by atoms with Gasteiger partial charge in [-0.05, 0) is 25.5 Å². The minimum Gasteiger partial charge on any atom is -0.338 e. The molecule has 1 atom stereocenters. The molecule has 0 radical (unpaired) electrons. The van der Waals surface area contributed by atoms with Crippen molar-refractivity contribution in [3.05, 3.63) is 24.3 Å². The molecule has 1 amide bonds. The summed E-state index contributed by atoms with van der Waals surface area (Å²) in [5.41, 5.74) is 0.946. The molecule has 0 saturated carbocycles. The van der Waals surface area contributed by atoms with Gasteiger partial charge in [-0.1, -0.05) is 23.9 Å². The standard InChI is InChI=1S/C15H18N2O3S3/c1-2-17(11-7-8-23(19,20)10-11)14(18)9-21-15-16-12-5-3-4-6-13(12)22-15/h3-6,11H,2,7-10H2,1H3/t11-/m1/s1. The first-order chi connectivity index (χ1) is 11.0. The summed E-state index contributed by atoms with van der Waals surface area (Å²) in [6, 6.07) is 7.72. The zero-order valence-corrected chi connectivity index (χ0v) is 15.2. The fraction of sp³-hybridized carbons (Fsp3) is 0.467. The summed E-state index contributed by atoms with van der Waals surface area (Å²) in [7, 11) is -2.98. The lowest BCUT2D eigenvalue weighted by atomic mass is 10.2. The Morgan fingerprint density at radius 3 is 2.87 bits per heavy atom. The van der Waals surface area contributed by atoms with Crippen LogP contribution < -0.4 is 0 Å². The smallest absolute Gasteiger partial charge is 0.233 e. The van der Waals surface area contributed by atoms with Gasteiger partial charge >= 0.3 is 0 Å². The van der Waals surface area contributed by atoms with Crippen molar-refractivity contribution in [2.45, 2.75) is 23.7 Å². The lowest BCUT2D eigenvalue weighted by Crippen LogP contribution is -2.41. The number of carbonyl (C=O) groups excluding carboxylic acids is 1. The summed E-state index contributed by atoms with van der Waals surface area (Å²) >= 11 is 3.00. The van der Waals surface area contributed by atoms with Crippen molar-refractivity contribution >= 4 is 49.1 Å². The van der Waals surface area contributed by atoms with Crippen molar-refractivity contribution in [3.8, 4) is 0 Å². The highest BCUT2D eigenvalue weighted by molar-refractivity contribution is 8.01. The predicted molar refractivity (Wildman–Crippen MR) is 94.8 cm³/mol. The van der Waals surface area contributed by atoms with E-state index in [1.165, 1.54) is 11.8 Å². The van der Waals surface area contributed by atoms with E-state index in [0.29, 0.717) is 18.7 Å². The number of hydrogen-bond donors (Lipinski definition) is 0. The number of nitrogens with zero attached hydrogens (tertiary/aromatic N) is 2. The average Bonchev–Trinajstić information content (AvgIpc) is 3.08. The van der Waals surface area contributed by atoms with E-state index in [2.05, 4.69) is 4.98 Å². The third-order valence-electron chi connectivity index (χ3n) is 3.90. The minimum atomic E-state index is -2.98. The number of para-hydroxylation sites is 1. The van der Waals surface area contributed by atoms with Gasteiger partial charge in [0, 0.05) is 12.6 Å².